The van der Waals surface area contributed by atoms with Crippen molar-refractivity contribution in [1.82, 2.24) is 15.5 Å². The van der Waals surface area contributed by atoms with Gasteiger partial charge in [0, 0.05) is 13.0 Å². The normalized spacial score (nSPS) is 12.0. The Morgan fingerprint density at radius 3 is 2.64 bits per heavy atom. The zero-order valence-corrected chi connectivity index (χ0v) is 7.56. The summed E-state index contributed by atoms with van der Waals surface area (Å²) in [6.07, 6.45) is -3.87. The molecule has 1 rings (SSSR count). The van der Waals surface area contributed by atoms with E-state index in [-0.39, 0.29) is 6.54 Å². The van der Waals surface area contributed by atoms with E-state index < -0.39 is 12.7 Å². The Morgan fingerprint density at radius 2 is 2.14 bits per heavy atom. The first kappa shape index (κ1) is 11.0. The lowest BCUT2D eigenvalue weighted by molar-refractivity contribution is -0.124. The second kappa shape index (κ2) is 4.41. The molecule has 1 heterocycles. The third kappa shape index (κ3) is 4.22. The predicted molar refractivity (Wildman–Crippen MR) is 41.7 cm³/mol. The van der Waals surface area contributed by atoms with Gasteiger partial charge in [0.25, 0.3) is 0 Å². The van der Waals surface area contributed by atoms with Crippen molar-refractivity contribution >= 4 is 0 Å². The Hall–Kier alpha value is -1.11. The molecule has 0 aliphatic rings. The zero-order valence-electron chi connectivity index (χ0n) is 7.56. The third-order valence-corrected chi connectivity index (χ3v) is 1.41. The van der Waals surface area contributed by atoms with Gasteiger partial charge in [-0.05, 0) is 6.92 Å². The van der Waals surface area contributed by atoms with Crippen LogP contribution in [0.3, 0.4) is 0 Å². The first-order valence-corrected chi connectivity index (χ1v) is 4.04. The van der Waals surface area contributed by atoms with E-state index in [1.807, 2.05) is 0 Å². The molecule has 0 aromatic carbocycles. The second-order valence-electron chi connectivity index (χ2n) is 2.78. The van der Waals surface area contributed by atoms with Crippen LogP contribution in [0.1, 0.15) is 11.7 Å². The molecule has 0 unspecified atom stereocenters. The first-order valence-electron chi connectivity index (χ1n) is 4.04. The highest BCUT2D eigenvalue weighted by atomic mass is 19.4. The van der Waals surface area contributed by atoms with Crippen molar-refractivity contribution in [3.8, 4) is 0 Å². The van der Waals surface area contributed by atoms with Crippen molar-refractivity contribution in [1.29, 1.82) is 0 Å². The molecule has 1 N–H and O–H groups in total. The minimum Gasteiger partial charge on any atom is -0.339 e. The van der Waals surface area contributed by atoms with Crippen LogP contribution < -0.4 is 5.32 Å². The van der Waals surface area contributed by atoms with Gasteiger partial charge in [0.2, 0.25) is 5.89 Å². The van der Waals surface area contributed by atoms with Gasteiger partial charge in [-0.3, -0.25) is 0 Å². The lowest BCUT2D eigenvalue weighted by Gasteiger charge is -2.06. The number of aromatic nitrogens is 2. The number of hydrogen-bond acceptors (Lipinski definition) is 4. The summed E-state index contributed by atoms with van der Waals surface area (Å²) in [5, 5.41) is 5.74. The average molecular weight is 209 g/mol. The van der Waals surface area contributed by atoms with E-state index in [2.05, 4.69) is 15.5 Å². The quantitative estimate of drug-likeness (QED) is 0.753. The van der Waals surface area contributed by atoms with E-state index in [1.54, 1.807) is 6.92 Å². The second-order valence-corrected chi connectivity index (χ2v) is 2.78. The third-order valence-electron chi connectivity index (χ3n) is 1.41. The molecule has 0 atom stereocenters. The van der Waals surface area contributed by atoms with Crippen LogP contribution >= 0.6 is 0 Å². The Balaban J connectivity index is 2.16. The standard InChI is InChI=1S/C7H10F3N3O/c1-5-12-6(14-13-5)2-3-11-4-7(8,9)10/h11H,2-4H2,1H3. The summed E-state index contributed by atoms with van der Waals surface area (Å²) in [4.78, 5) is 3.85. The number of aryl methyl sites for hydroxylation is 1. The highest BCUT2D eigenvalue weighted by molar-refractivity contribution is 4.83. The summed E-state index contributed by atoms with van der Waals surface area (Å²) in [7, 11) is 0. The van der Waals surface area contributed by atoms with E-state index in [1.165, 1.54) is 0 Å². The monoisotopic (exact) mass is 209 g/mol. The number of hydrogen-bond donors (Lipinski definition) is 1. The van der Waals surface area contributed by atoms with Crippen molar-refractivity contribution < 1.29 is 17.7 Å². The van der Waals surface area contributed by atoms with Gasteiger partial charge in [-0.2, -0.15) is 18.2 Å². The summed E-state index contributed by atoms with van der Waals surface area (Å²) in [6.45, 7) is 0.817. The van der Waals surface area contributed by atoms with E-state index in [4.69, 9.17) is 4.52 Å². The molecular weight excluding hydrogens is 199 g/mol. The summed E-state index contributed by atoms with van der Waals surface area (Å²) in [5.74, 6) is 0.827. The van der Waals surface area contributed by atoms with Crippen LogP contribution in [0.5, 0.6) is 0 Å². The van der Waals surface area contributed by atoms with E-state index >= 15 is 0 Å². The highest BCUT2D eigenvalue weighted by Crippen LogP contribution is 2.11. The fourth-order valence-corrected chi connectivity index (χ4v) is 0.867. The van der Waals surface area contributed by atoms with Gasteiger partial charge in [0.1, 0.15) is 0 Å². The van der Waals surface area contributed by atoms with Gasteiger partial charge in [-0.1, -0.05) is 5.16 Å². The van der Waals surface area contributed by atoms with Crippen LogP contribution in [0.25, 0.3) is 0 Å². The summed E-state index contributed by atoms with van der Waals surface area (Å²) >= 11 is 0. The van der Waals surface area contributed by atoms with E-state index in [0.717, 1.165) is 0 Å². The Kier molecular flexibility index (Phi) is 3.45. The number of halogens is 3. The number of rotatable bonds is 4. The van der Waals surface area contributed by atoms with Gasteiger partial charge in [-0.25, -0.2) is 0 Å². The fourth-order valence-electron chi connectivity index (χ4n) is 0.867. The van der Waals surface area contributed by atoms with Crippen molar-refractivity contribution in [3.05, 3.63) is 11.7 Å². The highest BCUT2D eigenvalue weighted by Gasteiger charge is 2.25. The van der Waals surface area contributed by atoms with Crippen LogP contribution in [0.2, 0.25) is 0 Å². The maximum absolute atomic E-state index is 11.7. The topological polar surface area (TPSA) is 51.0 Å². The van der Waals surface area contributed by atoms with Gasteiger partial charge < -0.3 is 9.84 Å². The van der Waals surface area contributed by atoms with Gasteiger partial charge >= 0.3 is 6.18 Å². The predicted octanol–water partition coefficient (Wildman–Crippen LogP) is 1.07. The number of nitrogens with one attached hydrogen (secondary N) is 1. The Labute approximate surface area is 78.5 Å². The molecule has 0 saturated carbocycles. The van der Waals surface area contributed by atoms with Crippen LogP contribution in [-0.4, -0.2) is 29.4 Å². The molecule has 0 spiro atoms. The molecule has 1 aromatic rings. The van der Waals surface area contributed by atoms with Crippen molar-refractivity contribution in [2.75, 3.05) is 13.1 Å². The molecule has 0 radical (unpaired) electrons. The summed E-state index contributed by atoms with van der Waals surface area (Å²) in [6, 6.07) is 0. The molecule has 80 valence electrons. The molecule has 4 nitrogen and oxygen atoms in total. The van der Waals surface area contributed by atoms with E-state index in [0.29, 0.717) is 18.1 Å². The molecule has 0 bridgehead atoms. The zero-order chi connectivity index (χ0) is 10.6. The van der Waals surface area contributed by atoms with Crippen molar-refractivity contribution in [3.63, 3.8) is 0 Å². The van der Waals surface area contributed by atoms with Gasteiger partial charge in [-0.15, -0.1) is 0 Å². The maximum atomic E-state index is 11.7. The molecule has 0 aliphatic carbocycles. The average Bonchev–Trinajstić information content (AvgIpc) is 2.44. The minimum absolute atomic E-state index is 0.168. The smallest absolute Gasteiger partial charge is 0.339 e. The summed E-state index contributed by atoms with van der Waals surface area (Å²) in [5.41, 5.74) is 0. The van der Waals surface area contributed by atoms with Gasteiger partial charge in [0.15, 0.2) is 5.82 Å². The summed E-state index contributed by atoms with van der Waals surface area (Å²) < 4.78 is 39.7. The fraction of sp³-hybridized carbons (Fsp3) is 0.714. The first-order chi connectivity index (χ1) is 6.47. The molecule has 1 aromatic heterocycles. The lowest BCUT2D eigenvalue weighted by Crippen LogP contribution is -2.30. The molecular formula is C7H10F3N3O. The minimum atomic E-state index is -4.18. The Morgan fingerprint density at radius 1 is 1.43 bits per heavy atom. The van der Waals surface area contributed by atoms with Crippen LogP contribution in [0.4, 0.5) is 13.2 Å². The van der Waals surface area contributed by atoms with Crippen LogP contribution in [0, 0.1) is 6.92 Å². The Bertz CT molecular complexity index is 284. The molecule has 0 fully saturated rings. The SMILES string of the molecule is Cc1noc(CCNCC(F)(F)F)n1. The molecule has 7 heteroatoms. The van der Waals surface area contributed by atoms with Gasteiger partial charge in [0.05, 0.1) is 6.54 Å². The largest absolute Gasteiger partial charge is 0.401 e. The van der Waals surface area contributed by atoms with Crippen LogP contribution in [-0.2, 0) is 6.42 Å². The van der Waals surface area contributed by atoms with Crippen molar-refractivity contribution in [2.45, 2.75) is 19.5 Å². The number of alkyl halides is 3. The van der Waals surface area contributed by atoms with E-state index in [9.17, 15) is 13.2 Å². The van der Waals surface area contributed by atoms with Crippen molar-refractivity contribution in [2.24, 2.45) is 0 Å². The lowest BCUT2D eigenvalue weighted by atomic mass is 10.4. The molecule has 0 amide bonds. The molecule has 0 saturated heterocycles. The molecule has 14 heavy (non-hydrogen) atoms. The van der Waals surface area contributed by atoms with Crippen LogP contribution in [0.15, 0.2) is 4.52 Å². The molecule has 0 aliphatic heterocycles. The number of nitrogens with zero attached hydrogens (tertiary/aromatic N) is 2. The maximum Gasteiger partial charge on any atom is 0.401 e.